The molecule has 1 aromatic rings. The molecule has 0 unspecified atom stereocenters. The van der Waals surface area contributed by atoms with Crippen LogP contribution in [-0.2, 0) is 4.79 Å². The van der Waals surface area contributed by atoms with Gasteiger partial charge in [-0.25, -0.2) is 9.59 Å². The molecular weight excluding hydrogens is 538 g/mol. The number of piperazine rings is 1. The fourth-order valence-electron chi connectivity index (χ4n) is 10.3. The van der Waals surface area contributed by atoms with Gasteiger partial charge in [-0.2, -0.15) is 0 Å². The maximum absolute atomic E-state index is 12.5. The molecule has 0 bridgehead atoms. The zero-order valence-corrected chi connectivity index (χ0v) is 25.3. The van der Waals surface area contributed by atoms with Gasteiger partial charge < -0.3 is 29.5 Å². The van der Waals surface area contributed by atoms with E-state index in [1.807, 2.05) is 18.0 Å². The second-order valence-corrected chi connectivity index (χ2v) is 14.6. The molecule has 4 saturated carbocycles. The molecule has 8 atom stereocenters. The number of hydrogen-bond acceptors (Lipinski definition) is 7. The summed E-state index contributed by atoms with van der Waals surface area (Å²) >= 11 is 0. The lowest BCUT2D eigenvalue weighted by Gasteiger charge is -2.66. The minimum absolute atomic E-state index is 0.0236. The number of carbonyl (C=O) groups is 2. The van der Waals surface area contributed by atoms with E-state index < -0.39 is 22.7 Å². The van der Waals surface area contributed by atoms with Crippen LogP contribution in [0.25, 0.3) is 0 Å². The standard InChI is InChI=1S/C32H47N3O7/c1-29-10-6-22(35(28(38)39)17-16-34-15-14-33(3)19-26(34)36)18-31(29,40)12-8-25-24(29)7-11-30(2)23(9-13-32(25,30)41)21-4-5-27(37)42-20-21/h4-5,20,22-25,40-41H,6-19H2,1-3H3,(H,38,39)/t22-,23+,24-,25+,29+,30+,31-,32-/m0/s1. The molecule has 2 amide bonds. The van der Waals surface area contributed by atoms with Crippen molar-refractivity contribution in [1.29, 1.82) is 0 Å². The summed E-state index contributed by atoms with van der Waals surface area (Å²) in [6.07, 6.45) is 6.78. The van der Waals surface area contributed by atoms with E-state index in [1.54, 1.807) is 11.2 Å². The highest BCUT2D eigenvalue weighted by molar-refractivity contribution is 5.79. The van der Waals surface area contributed by atoms with Gasteiger partial charge in [-0.1, -0.05) is 13.8 Å². The van der Waals surface area contributed by atoms with Gasteiger partial charge in [-0.3, -0.25) is 9.69 Å². The molecule has 0 aromatic carbocycles. The zero-order valence-electron chi connectivity index (χ0n) is 25.3. The first-order chi connectivity index (χ1) is 19.8. The summed E-state index contributed by atoms with van der Waals surface area (Å²) in [4.78, 5) is 41.7. The van der Waals surface area contributed by atoms with Crippen molar-refractivity contribution in [3.05, 3.63) is 34.4 Å². The summed E-state index contributed by atoms with van der Waals surface area (Å²) in [5.41, 5.74) is -2.06. The van der Waals surface area contributed by atoms with E-state index in [0.717, 1.165) is 31.4 Å². The van der Waals surface area contributed by atoms with Crippen molar-refractivity contribution in [1.82, 2.24) is 14.7 Å². The SMILES string of the molecule is CN1CCN(CCN(C(=O)O)[C@H]2CC[C@]3(C)[C@H]4CC[C@]5(C)[C@@H](c6ccc(=O)oc6)CC[C@]5(O)[C@@H]4CC[C@]3(O)C2)C(=O)C1. The molecule has 2 heterocycles. The van der Waals surface area contributed by atoms with Gasteiger partial charge in [0.2, 0.25) is 5.91 Å². The van der Waals surface area contributed by atoms with E-state index in [9.17, 15) is 29.7 Å². The zero-order chi connectivity index (χ0) is 30.1. The lowest BCUT2D eigenvalue weighted by Crippen LogP contribution is -2.68. The number of hydrogen-bond donors (Lipinski definition) is 3. The molecule has 3 N–H and O–H groups in total. The molecular formula is C32H47N3O7. The molecule has 1 aliphatic heterocycles. The predicted molar refractivity (Wildman–Crippen MR) is 155 cm³/mol. The Morgan fingerprint density at radius 3 is 2.43 bits per heavy atom. The summed E-state index contributed by atoms with van der Waals surface area (Å²) in [6.45, 7) is 6.71. The maximum Gasteiger partial charge on any atom is 0.407 e. The minimum Gasteiger partial charge on any atom is -0.465 e. The van der Waals surface area contributed by atoms with Crippen LogP contribution in [0.1, 0.15) is 83.1 Å². The van der Waals surface area contributed by atoms with Gasteiger partial charge in [0.15, 0.2) is 0 Å². The summed E-state index contributed by atoms with van der Waals surface area (Å²) in [7, 11) is 1.91. The van der Waals surface area contributed by atoms with Crippen LogP contribution < -0.4 is 5.63 Å². The molecule has 0 spiro atoms. The molecule has 1 aromatic heterocycles. The molecule has 5 aliphatic rings. The molecule has 10 nitrogen and oxygen atoms in total. The van der Waals surface area contributed by atoms with Crippen molar-refractivity contribution in [2.45, 2.75) is 94.8 Å². The number of carboxylic acid groups (broad SMARTS) is 1. The van der Waals surface area contributed by atoms with Gasteiger partial charge in [-0.05, 0) is 99.6 Å². The Kier molecular flexibility index (Phi) is 7.29. The number of carbonyl (C=O) groups excluding carboxylic acids is 1. The summed E-state index contributed by atoms with van der Waals surface area (Å²) in [5.74, 6) is 0.325. The molecule has 1 saturated heterocycles. The van der Waals surface area contributed by atoms with Crippen LogP contribution in [0.4, 0.5) is 4.79 Å². The highest BCUT2D eigenvalue weighted by Gasteiger charge is 2.70. The third-order valence-corrected chi connectivity index (χ3v) is 12.9. The second-order valence-electron chi connectivity index (χ2n) is 14.6. The molecule has 0 radical (unpaired) electrons. The van der Waals surface area contributed by atoms with Gasteiger partial charge in [-0.15, -0.1) is 0 Å². The molecule has 4 aliphatic carbocycles. The van der Waals surface area contributed by atoms with Crippen LogP contribution >= 0.6 is 0 Å². The number of fused-ring (bicyclic) bond motifs is 5. The first-order valence-electron chi connectivity index (χ1n) is 15.8. The highest BCUT2D eigenvalue weighted by atomic mass is 16.4. The Morgan fingerprint density at radius 1 is 1.00 bits per heavy atom. The maximum atomic E-state index is 12.5. The smallest absolute Gasteiger partial charge is 0.407 e. The van der Waals surface area contributed by atoms with Crippen LogP contribution in [0.5, 0.6) is 0 Å². The largest absolute Gasteiger partial charge is 0.465 e. The lowest BCUT2D eigenvalue weighted by atomic mass is 9.41. The van der Waals surface area contributed by atoms with E-state index in [0.29, 0.717) is 58.2 Å². The monoisotopic (exact) mass is 585 g/mol. The minimum atomic E-state index is -1.01. The van der Waals surface area contributed by atoms with Gasteiger partial charge >= 0.3 is 11.7 Å². The first-order valence-corrected chi connectivity index (χ1v) is 15.8. The van der Waals surface area contributed by atoms with Crippen LogP contribution in [0.15, 0.2) is 27.6 Å². The molecule has 42 heavy (non-hydrogen) atoms. The number of amides is 2. The summed E-state index contributed by atoms with van der Waals surface area (Å²) in [5, 5.41) is 35.0. The Hall–Kier alpha value is -2.43. The normalized spacial score (nSPS) is 42.0. The fourth-order valence-corrected chi connectivity index (χ4v) is 10.3. The van der Waals surface area contributed by atoms with E-state index >= 15 is 0 Å². The predicted octanol–water partition coefficient (Wildman–Crippen LogP) is 3.12. The molecule has 6 rings (SSSR count). The molecule has 232 valence electrons. The average Bonchev–Trinajstić information content (AvgIpc) is 3.21. The Morgan fingerprint density at radius 2 is 1.74 bits per heavy atom. The van der Waals surface area contributed by atoms with Gasteiger partial charge in [0.1, 0.15) is 0 Å². The van der Waals surface area contributed by atoms with Crippen molar-refractivity contribution in [2.24, 2.45) is 22.7 Å². The van der Waals surface area contributed by atoms with Gasteiger partial charge in [0.05, 0.1) is 24.0 Å². The number of rotatable bonds is 5. The highest BCUT2D eigenvalue weighted by Crippen LogP contribution is 2.71. The topological polar surface area (TPSA) is 135 Å². The van der Waals surface area contributed by atoms with Crippen molar-refractivity contribution in [3.63, 3.8) is 0 Å². The van der Waals surface area contributed by atoms with E-state index in [4.69, 9.17) is 4.42 Å². The van der Waals surface area contributed by atoms with Crippen molar-refractivity contribution in [3.8, 4) is 0 Å². The van der Waals surface area contributed by atoms with Crippen LogP contribution in [0.3, 0.4) is 0 Å². The molecule has 5 fully saturated rings. The van der Waals surface area contributed by atoms with Crippen molar-refractivity contribution in [2.75, 3.05) is 39.8 Å². The van der Waals surface area contributed by atoms with E-state index in [1.165, 1.54) is 11.0 Å². The van der Waals surface area contributed by atoms with E-state index in [2.05, 4.69) is 13.8 Å². The first kappa shape index (κ1) is 29.6. The Labute approximate surface area is 247 Å². The number of likely N-dealkylation sites (N-methyl/N-ethyl adjacent to an activating group) is 1. The van der Waals surface area contributed by atoms with Crippen LogP contribution in [0, 0.1) is 22.7 Å². The Bertz CT molecular complexity index is 1270. The summed E-state index contributed by atoms with van der Waals surface area (Å²) < 4.78 is 5.21. The van der Waals surface area contributed by atoms with Crippen molar-refractivity contribution < 1.29 is 29.3 Å². The second kappa shape index (κ2) is 10.3. The molecule has 10 heteroatoms. The summed E-state index contributed by atoms with van der Waals surface area (Å²) in [6, 6.07) is 3.00. The van der Waals surface area contributed by atoms with Gasteiger partial charge in [0, 0.05) is 43.7 Å². The fraction of sp³-hybridized carbons (Fsp3) is 0.781. The average molecular weight is 586 g/mol. The van der Waals surface area contributed by atoms with E-state index in [-0.39, 0.29) is 47.3 Å². The Balaban J connectivity index is 1.18. The third-order valence-electron chi connectivity index (χ3n) is 12.9. The van der Waals surface area contributed by atoms with Crippen LogP contribution in [0.2, 0.25) is 0 Å². The third kappa shape index (κ3) is 4.42. The lowest BCUT2D eigenvalue weighted by molar-refractivity contribution is -0.249. The van der Waals surface area contributed by atoms with Crippen LogP contribution in [-0.4, -0.2) is 99.0 Å². The number of nitrogens with zero attached hydrogens (tertiary/aromatic N) is 3. The van der Waals surface area contributed by atoms with Crippen molar-refractivity contribution >= 4 is 12.0 Å². The van der Waals surface area contributed by atoms with Gasteiger partial charge in [0.25, 0.3) is 0 Å². The quantitative estimate of drug-likeness (QED) is 0.480. The number of aliphatic hydroxyl groups is 2.